The van der Waals surface area contributed by atoms with E-state index in [2.05, 4.69) is 68.4 Å². The summed E-state index contributed by atoms with van der Waals surface area (Å²) >= 11 is 0. The average molecular weight is 210 g/mol. The van der Waals surface area contributed by atoms with Gasteiger partial charge in [-0.3, -0.25) is 0 Å². The summed E-state index contributed by atoms with van der Waals surface area (Å²) < 4.78 is 0. The number of hydrogen-bond donors (Lipinski definition) is 0. The first-order chi connectivity index (χ1) is 7.77. The summed E-state index contributed by atoms with van der Waals surface area (Å²) in [7, 11) is 0. The van der Waals surface area contributed by atoms with E-state index in [1.807, 2.05) is 0 Å². The van der Waals surface area contributed by atoms with Crippen LogP contribution in [-0.2, 0) is 6.42 Å². The Morgan fingerprint density at radius 1 is 0.875 bits per heavy atom. The van der Waals surface area contributed by atoms with E-state index in [0.717, 1.165) is 6.42 Å². The minimum absolute atomic E-state index is 0.585. The molecule has 1 atom stereocenters. The highest BCUT2D eigenvalue weighted by molar-refractivity contribution is 5.29. The van der Waals surface area contributed by atoms with Gasteiger partial charge < -0.3 is 0 Å². The Morgan fingerprint density at radius 3 is 2.19 bits per heavy atom. The van der Waals surface area contributed by atoms with Crippen molar-refractivity contribution in [3.8, 4) is 0 Å². The van der Waals surface area contributed by atoms with Crippen LogP contribution >= 0.6 is 0 Å². The molecule has 0 aromatic heterocycles. The Labute approximate surface area is 97.9 Å². The van der Waals surface area contributed by atoms with Crippen molar-refractivity contribution in [2.24, 2.45) is 0 Å². The first kappa shape index (κ1) is 10.9. The van der Waals surface area contributed by atoms with Crippen molar-refractivity contribution < 1.29 is 0 Å². The van der Waals surface area contributed by atoms with Crippen molar-refractivity contribution in [1.29, 1.82) is 0 Å². The maximum atomic E-state index is 2.29. The Morgan fingerprint density at radius 2 is 1.50 bits per heavy atom. The second-order valence-corrected chi connectivity index (χ2v) is 4.44. The van der Waals surface area contributed by atoms with E-state index in [1.54, 1.807) is 0 Å². The minimum atomic E-state index is 0.585. The molecule has 0 saturated heterocycles. The van der Waals surface area contributed by atoms with E-state index in [1.165, 1.54) is 16.7 Å². The van der Waals surface area contributed by atoms with Crippen LogP contribution < -0.4 is 0 Å². The fourth-order valence-electron chi connectivity index (χ4n) is 2.07. The van der Waals surface area contributed by atoms with E-state index >= 15 is 0 Å². The van der Waals surface area contributed by atoms with Gasteiger partial charge in [0.2, 0.25) is 0 Å². The highest BCUT2D eigenvalue weighted by Crippen LogP contribution is 2.21. The Kier molecular flexibility index (Phi) is 3.40. The second kappa shape index (κ2) is 4.98. The Bertz CT molecular complexity index is 443. The Balaban J connectivity index is 2.14. The van der Waals surface area contributed by atoms with Gasteiger partial charge >= 0.3 is 0 Å². The summed E-state index contributed by atoms with van der Waals surface area (Å²) in [5.41, 5.74) is 4.27. The van der Waals surface area contributed by atoms with Gasteiger partial charge in [0.1, 0.15) is 0 Å². The lowest BCUT2D eigenvalue weighted by Crippen LogP contribution is -1.99. The van der Waals surface area contributed by atoms with Crippen LogP contribution in [0.25, 0.3) is 0 Å². The molecule has 2 aromatic rings. The summed E-state index contributed by atoms with van der Waals surface area (Å²) in [6.45, 7) is 4.48. The molecule has 0 radical (unpaired) electrons. The molecule has 0 nitrogen and oxygen atoms in total. The van der Waals surface area contributed by atoms with E-state index in [0.29, 0.717) is 5.92 Å². The molecular formula is C16H18. The summed E-state index contributed by atoms with van der Waals surface area (Å²) in [5, 5.41) is 0. The molecule has 2 rings (SSSR count). The summed E-state index contributed by atoms with van der Waals surface area (Å²) in [5.74, 6) is 0.585. The van der Waals surface area contributed by atoms with Crippen LogP contribution in [-0.4, -0.2) is 0 Å². The van der Waals surface area contributed by atoms with Gasteiger partial charge in [-0.1, -0.05) is 61.5 Å². The molecule has 1 unspecified atom stereocenters. The summed E-state index contributed by atoms with van der Waals surface area (Å²) in [6.07, 6.45) is 1.12. The topological polar surface area (TPSA) is 0 Å². The molecule has 0 spiro atoms. The van der Waals surface area contributed by atoms with Gasteiger partial charge in [0.15, 0.2) is 0 Å². The van der Waals surface area contributed by atoms with E-state index < -0.39 is 0 Å². The third kappa shape index (κ3) is 2.52. The number of rotatable bonds is 3. The van der Waals surface area contributed by atoms with Crippen molar-refractivity contribution in [2.75, 3.05) is 0 Å². The van der Waals surface area contributed by atoms with Gasteiger partial charge in [-0.25, -0.2) is 0 Å². The maximum Gasteiger partial charge on any atom is -0.0150 e. The molecule has 0 heterocycles. The van der Waals surface area contributed by atoms with Crippen molar-refractivity contribution >= 4 is 0 Å². The zero-order chi connectivity index (χ0) is 11.4. The summed E-state index contributed by atoms with van der Waals surface area (Å²) in [4.78, 5) is 0. The fourth-order valence-corrected chi connectivity index (χ4v) is 2.07. The molecule has 0 heteroatoms. The van der Waals surface area contributed by atoms with Gasteiger partial charge in [-0.15, -0.1) is 0 Å². The zero-order valence-electron chi connectivity index (χ0n) is 9.98. The molecule has 0 aliphatic heterocycles. The molecule has 16 heavy (non-hydrogen) atoms. The molecule has 0 aliphatic rings. The van der Waals surface area contributed by atoms with Crippen LogP contribution in [0.5, 0.6) is 0 Å². The number of aryl methyl sites for hydroxylation is 1. The maximum absolute atomic E-state index is 2.29. The minimum Gasteiger partial charge on any atom is -0.0622 e. The highest BCUT2D eigenvalue weighted by atomic mass is 14.1. The van der Waals surface area contributed by atoms with Gasteiger partial charge in [0.05, 0.1) is 0 Å². The first-order valence-corrected chi connectivity index (χ1v) is 5.87. The quantitative estimate of drug-likeness (QED) is 0.707. The van der Waals surface area contributed by atoms with Crippen molar-refractivity contribution in [2.45, 2.75) is 26.2 Å². The number of benzene rings is 2. The predicted octanol–water partition coefficient (Wildman–Crippen LogP) is 4.34. The third-order valence-corrected chi connectivity index (χ3v) is 3.16. The molecule has 0 bridgehead atoms. The van der Waals surface area contributed by atoms with Crippen LogP contribution in [0.4, 0.5) is 0 Å². The highest BCUT2D eigenvalue weighted by Gasteiger charge is 2.07. The van der Waals surface area contributed by atoms with Crippen molar-refractivity contribution in [3.63, 3.8) is 0 Å². The van der Waals surface area contributed by atoms with Crippen LogP contribution in [0.15, 0.2) is 54.6 Å². The first-order valence-electron chi connectivity index (χ1n) is 5.87. The SMILES string of the molecule is Cc1ccccc1CC(C)c1ccccc1. The molecule has 0 amide bonds. The molecule has 0 fully saturated rings. The monoisotopic (exact) mass is 210 g/mol. The fraction of sp³-hybridized carbons (Fsp3) is 0.250. The smallest absolute Gasteiger partial charge is 0.0150 e. The molecular weight excluding hydrogens is 192 g/mol. The molecule has 0 aliphatic carbocycles. The molecule has 82 valence electrons. The lowest BCUT2D eigenvalue weighted by atomic mass is 9.92. The molecule has 0 N–H and O–H groups in total. The van der Waals surface area contributed by atoms with Crippen LogP contribution in [0, 0.1) is 6.92 Å². The zero-order valence-corrected chi connectivity index (χ0v) is 9.98. The normalized spacial score (nSPS) is 12.4. The van der Waals surface area contributed by atoms with Crippen LogP contribution in [0.1, 0.15) is 29.5 Å². The predicted molar refractivity (Wildman–Crippen MR) is 69.7 cm³/mol. The lowest BCUT2D eigenvalue weighted by molar-refractivity contribution is 0.755. The summed E-state index contributed by atoms with van der Waals surface area (Å²) in [6, 6.07) is 19.4. The lowest BCUT2D eigenvalue weighted by Gasteiger charge is -2.13. The second-order valence-electron chi connectivity index (χ2n) is 4.44. The van der Waals surface area contributed by atoms with Crippen molar-refractivity contribution in [1.82, 2.24) is 0 Å². The molecule has 0 saturated carbocycles. The standard InChI is InChI=1S/C16H18/c1-13-8-6-7-11-16(13)12-14(2)15-9-4-3-5-10-15/h3-11,14H,12H2,1-2H3. The average Bonchev–Trinajstić information content (AvgIpc) is 2.33. The van der Waals surface area contributed by atoms with E-state index in [4.69, 9.17) is 0 Å². The van der Waals surface area contributed by atoms with E-state index in [-0.39, 0.29) is 0 Å². The third-order valence-electron chi connectivity index (χ3n) is 3.16. The van der Waals surface area contributed by atoms with E-state index in [9.17, 15) is 0 Å². The van der Waals surface area contributed by atoms with Crippen molar-refractivity contribution in [3.05, 3.63) is 71.3 Å². The number of hydrogen-bond acceptors (Lipinski definition) is 0. The van der Waals surface area contributed by atoms with Gasteiger partial charge in [-0.2, -0.15) is 0 Å². The Hall–Kier alpha value is -1.56. The van der Waals surface area contributed by atoms with Gasteiger partial charge in [0, 0.05) is 0 Å². The van der Waals surface area contributed by atoms with Gasteiger partial charge in [-0.05, 0) is 36.0 Å². The van der Waals surface area contributed by atoms with Gasteiger partial charge in [0.25, 0.3) is 0 Å². The molecule has 2 aromatic carbocycles. The van der Waals surface area contributed by atoms with Crippen LogP contribution in [0.3, 0.4) is 0 Å². The largest absolute Gasteiger partial charge is 0.0622 e. The van der Waals surface area contributed by atoms with Crippen LogP contribution in [0.2, 0.25) is 0 Å².